The number of esters is 1. The first-order chi connectivity index (χ1) is 12.0. The van der Waals surface area contributed by atoms with Crippen LogP contribution in [0.4, 0.5) is 0 Å². The molecule has 3 aromatic rings. The van der Waals surface area contributed by atoms with Gasteiger partial charge in [-0.2, -0.15) is 5.10 Å². The Morgan fingerprint density at radius 2 is 2.28 bits per heavy atom. The van der Waals surface area contributed by atoms with Crippen LogP contribution in [0.2, 0.25) is 5.02 Å². The number of hydrogen-bond acceptors (Lipinski definition) is 6. The maximum Gasteiger partial charge on any atom is 0.319 e. The lowest BCUT2D eigenvalue weighted by Gasteiger charge is -2.09. The third-order valence-electron chi connectivity index (χ3n) is 3.38. The molecule has 0 aliphatic carbocycles. The van der Waals surface area contributed by atoms with Gasteiger partial charge in [-0.25, -0.2) is 9.67 Å². The standard InChI is InChI=1S/C16H15ClN4O3S/c1-3-24-15(23)9(2)25-16-19-13-12(14(22)20-16)8-18-21(13)11-6-4-5-10(17)7-11/h4-9H,3H2,1-2H3,(H,19,20,22). The smallest absolute Gasteiger partial charge is 0.319 e. The first kappa shape index (κ1) is 17.5. The van der Waals surface area contributed by atoms with E-state index in [0.717, 1.165) is 11.8 Å². The molecule has 0 radical (unpaired) electrons. The Balaban J connectivity index is 2.01. The molecule has 1 aromatic carbocycles. The lowest BCUT2D eigenvalue weighted by molar-refractivity contribution is -0.142. The van der Waals surface area contributed by atoms with Crippen LogP contribution in [0.1, 0.15) is 13.8 Å². The second-order valence-electron chi connectivity index (χ2n) is 5.16. The average molecular weight is 379 g/mol. The summed E-state index contributed by atoms with van der Waals surface area (Å²) < 4.78 is 6.51. The van der Waals surface area contributed by atoms with Crippen molar-refractivity contribution in [1.29, 1.82) is 0 Å². The van der Waals surface area contributed by atoms with E-state index in [-0.39, 0.29) is 11.5 Å². The number of nitrogens with zero attached hydrogens (tertiary/aromatic N) is 3. The zero-order chi connectivity index (χ0) is 18.0. The second-order valence-corrected chi connectivity index (χ2v) is 6.92. The van der Waals surface area contributed by atoms with Gasteiger partial charge in [0.1, 0.15) is 10.6 Å². The molecule has 0 amide bonds. The maximum absolute atomic E-state index is 12.3. The third kappa shape index (κ3) is 3.69. The quantitative estimate of drug-likeness (QED) is 0.417. The highest BCUT2D eigenvalue weighted by Crippen LogP contribution is 2.23. The number of aromatic amines is 1. The van der Waals surface area contributed by atoms with Crippen LogP contribution in [0.15, 0.2) is 40.4 Å². The summed E-state index contributed by atoms with van der Waals surface area (Å²) in [6.07, 6.45) is 1.45. The van der Waals surface area contributed by atoms with Crippen molar-refractivity contribution in [1.82, 2.24) is 19.7 Å². The Morgan fingerprint density at radius 3 is 3.00 bits per heavy atom. The minimum absolute atomic E-state index is 0.300. The third-order valence-corrected chi connectivity index (χ3v) is 4.57. The van der Waals surface area contributed by atoms with E-state index in [4.69, 9.17) is 16.3 Å². The highest BCUT2D eigenvalue weighted by molar-refractivity contribution is 8.00. The molecule has 9 heteroatoms. The molecule has 7 nitrogen and oxygen atoms in total. The molecule has 1 unspecified atom stereocenters. The SMILES string of the molecule is CCOC(=O)C(C)Sc1nc2c(cnn2-c2cccc(Cl)c2)c(=O)[nH]1. The number of hydrogen-bond donors (Lipinski definition) is 1. The fourth-order valence-electron chi connectivity index (χ4n) is 2.23. The molecule has 3 rings (SSSR count). The summed E-state index contributed by atoms with van der Waals surface area (Å²) in [7, 11) is 0. The number of aromatic nitrogens is 4. The number of ether oxygens (including phenoxy) is 1. The average Bonchev–Trinajstić information content (AvgIpc) is 2.99. The van der Waals surface area contributed by atoms with Crippen LogP contribution in [-0.2, 0) is 9.53 Å². The van der Waals surface area contributed by atoms with Gasteiger partial charge in [0.2, 0.25) is 0 Å². The van der Waals surface area contributed by atoms with Crippen molar-refractivity contribution in [2.45, 2.75) is 24.3 Å². The van der Waals surface area contributed by atoms with Gasteiger partial charge in [0.25, 0.3) is 5.56 Å². The van der Waals surface area contributed by atoms with E-state index in [1.165, 1.54) is 10.9 Å². The summed E-state index contributed by atoms with van der Waals surface area (Å²) in [5.41, 5.74) is 0.761. The first-order valence-corrected chi connectivity index (χ1v) is 8.82. The van der Waals surface area contributed by atoms with E-state index < -0.39 is 5.25 Å². The van der Waals surface area contributed by atoms with Crippen molar-refractivity contribution < 1.29 is 9.53 Å². The van der Waals surface area contributed by atoms with Gasteiger partial charge < -0.3 is 9.72 Å². The highest BCUT2D eigenvalue weighted by atomic mass is 35.5. The predicted molar refractivity (Wildman–Crippen MR) is 96.4 cm³/mol. The molecular weight excluding hydrogens is 364 g/mol. The van der Waals surface area contributed by atoms with Gasteiger partial charge in [-0.1, -0.05) is 29.4 Å². The van der Waals surface area contributed by atoms with Gasteiger partial charge in [0.15, 0.2) is 10.8 Å². The molecule has 2 heterocycles. The number of carbonyl (C=O) groups is 1. The molecule has 0 spiro atoms. The van der Waals surface area contributed by atoms with Crippen LogP contribution in [0, 0.1) is 0 Å². The second kappa shape index (κ2) is 7.28. The molecule has 0 saturated carbocycles. The molecule has 130 valence electrons. The van der Waals surface area contributed by atoms with E-state index in [0.29, 0.717) is 33.5 Å². The molecule has 0 aliphatic heterocycles. The van der Waals surface area contributed by atoms with Gasteiger partial charge in [-0.3, -0.25) is 9.59 Å². The van der Waals surface area contributed by atoms with E-state index in [1.54, 1.807) is 32.0 Å². The molecule has 1 N–H and O–H groups in total. The Morgan fingerprint density at radius 1 is 1.48 bits per heavy atom. The fourth-order valence-corrected chi connectivity index (χ4v) is 3.20. The van der Waals surface area contributed by atoms with E-state index in [2.05, 4.69) is 15.1 Å². The summed E-state index contributed by atoms with van der Waals surface area (Å²) in [6.45, 7) is 3.74. The van der Waals surface area contributed by atoms with Crippen LogP contribution in [0.3, 0.4) is 0 Å². The molecule has 0 fully saturated rings. The number of rotatable bonds is 5. The van der Waals surface area contributed by atoms with Gasteiger partial charge in [0, 0.05) is 5.02 Å². The van der Waals surface area contributed by atoms with Crippen molar-refractivity contribution in [2.75, 3.05) is 6.61 Å². The minimum Gasteiger partial charge on any atom is -0.465 e. The molecule has 25 heavy (non-hydrogen) atoms. The Labute approximate surface area is 152 Å². The number of fused-ring (bicyclic) bond motifs is 1. The summed E-state index contributed by atoms with van der Waals surface area (Å²) in [4.78, 5) is 31.2. The van der Waals surface area contributed by atoms with Crippen LogP contribution in [0.25, 0.3) is 16.7 Å². The lowest BCUT2D eigenvalue weighted by atomic mass is 10.3. The van der Waals surface area contributed by atoms with Crippen molar-refractivity contribution in [3.63, 3.8) is 0 Å². The Kier molecular flexibility index (Phi) is 5.10. The van der Waals surface area contributed by atoms with Crippen LogP contribution in [-0.4, -0.2) is 37.6 Å². The number of benzene rings is 1. The van der Waals surface area contributed by atoms with E-state index in [1.807, 2.05) is 6.07 Å². The lowest BCUT2D eigenvalue weighted by Crippen LogP contribution is -2.18. The van der Waals surface area contributed by atoms with Crippen LogP contribution < -0.4 is 5.56 Å². The Bertz CT molecular complexity index is 985. The van der Waals surface area contributed by atoms with Crippen LogP contribution >= 0.6 is 23.4 Å². The summed E-state index contributed by atoms with van der Waals surface area (Å²) >= 11 is 7.15. The molecule has 2 aromatic heterocycles. The zero-order valence-electron chi connectivity index (χ0n) is 13.5. The van der Waals surface area contributed by atoms with Crippen molar-refractivity contribution in [3.05, 3.63) is 45.8 Å². The van der Waals surface area contributed by atoms with Gasteiger partial charge in [-0.05, 0) is 32.0 Å². The topological polar surface area (TPSA) is 89.9 Å². The van der Waals surface area contributed by atoms with E-state index >= 15 is 0 Å². The number of nitrogens with one attached hydrogen (secondary N) is 1. The van der Waals surface area contributed by atoms with Gasteiger partial charge >= 0.3 is 5.97 Å². The zero-order valence-corrected chi connectivity index (χ0v) is 15.1. The summed E-state index contributed by atoms with van der Waals surface area (Å²) in [5, 5.41) is 4.96. The van der Waals surface area contributed by atoms with Gasteiger partial charge in [-0.15, -0.1) is 0 Å². The van der Waals surface area contributed by atoms with Crippen LogP contribution in [0.5, 0.6) is 0 Å². The minimum atomic E-state index is -0.497. The predicted octanol–water partition coefficient (Wildman–Crippen LogP) is 2.81. The molecule has 1 atom stereocenters. The number of halogens is 1. The van der Waals surface area contributed by atoms with Gasteiger partial charge in [0.05, 0.1) is 18.5 Å². The monoisotopic (exact) mass is 378 g/mol. The molecular formula is C16H15ClN4O3S. The summed E-state index contributed by atoms with van der Waals surface area (Å²) in [5.74, 6) is -0.362. The molecule has 0 bridgehead atoms. The first-order valence-electron chi connectivity index (χ1n) is 7.57. The summed E-state index contributed by atoms with van der Waals surface area (Å²) in [6, 6.07) is 7.08. The largest absolute Gasteiger partial charge is 0.465 e. The van der Waals surface area contributed by atoms with Crippen molar-refractivity contribution in [3.8, 4) is 5.69 Å². The van der Waals surface area contributed by atoms with Crippen molar-refractivity contribution in [2.24, 2.45) is 0 Å². The number of H-pyrrole nitrogens is 1. The van der Waals surface area contributed by atoms with Crippen molar-refractivity contribution >= 4 is 40.4 Å². The normalized spacial score (nSPS) is 12.3. The number of carbonyl (C=O) groups excluding carboxylic acids is 1. The highest BCUT2D eigenvalue weighted by Gasteiger charge is 2.19. The maximum atomic E-state index is 12.3. The van der Waals surface area contributed by atoms with E-state index in [9.17, 15) is 9.59 Å². The number of thioether (sulfide) groups is 1. The molecule has 0 saturated heterocycles. The molecule has 0 aliphatic rings. The Hall–Kier alpha value is -2.32. The fraction of sp³-hybridized carbons (Fsp3) is 0.250.